The monoisotopic (exact) mass is 215 g/mol. The third-order valence-electron chi connectivity index (χ3n) is 4.74. The molecule has 0 heterocycles. The van der Waals surface area contributed by atoms with Crippen LogP contribution in [0.5, 0.6) is 0 Å². The van der Waals surface area contributed by atoms with Gasteiger partial charge in [0.05, 0.1) is 0 Å². The molecule has 0 saturated heterocycles. The number of hydrogen-bond donors (Lipinski definition) is 1. The van der Waals surface area contributed by atoms with E-state index in [1.165, 1.54) is 37.7 Å². The second kappa shape index (κ2) is 4.21. The van der Waals surface area contributed by atoms with Crippen LogP contribution in [0.25, 0.3) is 0 Å². The lowest BCUT2D eigenvalue weighted by atomic mass is 9.62. The highest BCUT2D eigenvalue weighted by Gasteiger charge is 2.39. The highest BCUT2D eigenvalue weighted by atomic mass is 14.7. The molecule has 2 saturated carbocycles. The zero-order valence-corrected chi connectivity index (χ0v) is 9.81. The summed E-state index contributed by atoms with van der Waals surface area (Å²) in [5.74, 6) is 2.29. The van der Waals surface area contributed by atoms with Crippen LogP contribution in [0.2, 0.25) is 0 Å². The Hall–Kier alpha value is -0.820. The van der Waals surface area contributed by atoms with Crippen molar-refractivity contribution in [3.63, 3.8) is 0 Å². The molecule has 2 aliphatic carbocycles. The molecule has 2 N–H and O–H groups in total. The Kier molecular flexibility index (Phi) is 2.72. The molecular weight excluding hydrogens is 194 g/mol. The van der Waals surface area contributed by atoms with E-state index in [2.05, 4.69) is 30.3 Å². The van der Waals surface area contributed by atoms with E-state index >= 15 is 0 Å². The summed E-state index contributed by atoms with van der Waals surface area (Å²) in [7, 11) is 0. The number of hydrogen-bond acceptors (Lipinski definition) is 1. The average Bonchev–Trinajstić information content (AvgIpc) is 2.30. The maximum absolute atomic E-state index is 6.41. The molecule has 86 valence electrons. The molecule has 1 nitrogen and oxygen atoms in total. The van der Waals surface area contributed by atoms with Crippen molar-refractivity contribution in [2.45, 2.75) is 44.1 Å². The van der Waals surface area contributed by atoms with Crippen LogP contribution >= 0.6 is 0 Å². The smallest absolute Gasteiger partial charge is 0.0101 e. The fraction of sp³-hybridized carbons (Fsp3) is 0.600. The SMILES string of the molecule is NC1C2CCCC1C(c1ccccc1)CC2. The van der Waals surface area contributed by atoms with Crippen LogP contribution in [0.15, 0.2) is 30.3 Å². The van der Waals surface area contributed by atoms with E-state index in [0.29, 0.717) is 6.04 Å². The van der Waals surface area contributed by atoms with Crippen LogP contribution in [-0.4, -0.2) is 6.04 Å². The van der Waals surface area contributed by atoms with Crippen LogP contribution in [0.3, 0.4) is 0 Å². The highest BCUT2D eigenvalue weighted by Crippen LogP contribution is 2.46. The normalized spacial score (nSPS) is 38.3. The third-order valence-corrected chi connectivity index (χ3v) is 4.74. The molecule has 1 aromatic rings. The molecule has 4 unspecified atom stereocenters. The molecule has 2 bridgehead atoms. The second-order valence-corrected chi connectivity index (χ2v) is 5.53. The van der Waals surface area contributed by atoms with Crippen molar-refractivity contribution in [3.8, 4) is 0 Å². The largest absolute Gasteiger partial charge is 0.327 e. The summed E-state index contributed by atoms with van der Waals surface area (Å²) in [6, 6.07) is 11.5. The zero-order valence-electron chi connectivity index (χ0n) is 9.81. The van der Waals surface area contributed by atoms with E-state index in [0.717, 1.165) is 17.8 Å². The van der Waals surface area contributed by atoms with Crippen molar-refractivity contribution in [1.82, 2.24) is 0 Å². The van der Waals surface area contributed by atoms with Crippen molar-refractivity contribution in [3.05, 3.63) is 35.9 Å². The molecule has 1 aromatic carbocycles. The standard InChI is InChI=1S/C15H21N/c16-15-12-7-4-8-14(15)13(10-9-12)11-5-2-1-3-6-11/h1-3,5-6,12-15H,4,7-10,16H2. The van der Waals surface area contributed by atoms with Gasteiger partial charge in [-0.3, -0.25) is 0 Å². The molecule has 16 heavy (non-hydrogen) atoms. The zero-order chi connectivity index (χ0) is 11.0. The van der Waals surface area contributed by atoms with Crippen LogP contribution < -0.4 is 5.73 Å². The molecule has 4 atom stereocenters. The number of nitrogens with two attached hydrogens (primary N) is 1. The minimum absolute atomic E-state index is 0.465. The second-order valence-electron chi connectivity index (χ2n) is 5.53. The molecule has 2 aliphatic rings. The Morgan fingerprint density at radius 3 is 2.56 bits per heavy atom. The fourth-order valence-electron chi connectivity index (χ4n) is 3.88. The topological polar surface area (TPSA) is 26.0 Å². The van der Waals surface area contributed by atoms with Gasteiger partial charge in [-0.25, -0.2) is 0 Å². The average molecular weight is 215 g/mol. The van der Waals surface area contributed by atoms with Gasteiger partial charge < -0.3 is 5.73 Å². The molecular formula is C15H21N. The van der Waals surface area contributed by atoms with Gasteiger partial charge in [-0.05, 0) is 49.0 Å². The number of rotatable bonds is 1. The molecule has 1 heteroatoms. The van der Waals surface area contributed by atoms with Gasteiger partial charge in [0.1, 0.15) is 0 Å². The molecule has 0 amide bonds. The van der Waals surface area contributed by atoms with Gasteiger partial charge in [0.2, 0.25) is 0 Å². The van der Waals surface area contributed by atoms with Gasteiger partial charge in [-0.15, -0.1) is 0 Å². The predicted octanol–water partition coefficient (Wildman–Crippen LogP) is 3.31. The fourth-order valence-corrected chi connectivity index (χ4v) is 3.88. The lowest BCUT2D eigenvalue weighted by Gasteiger charge is -2.45. The number of fused-ring (bicyclic) bond motifs is 2. The van der Waals surface area contributed by atoms with E-state index in [1.807, 2.05) is 0 Å². The van der Waals surface area contributed by atoms with Crippen LogP contribution in [-0.2, 0) is 0 Å². The Labute approximate surface area is 98.0 Å². The maximum atomic E-state index is 6.41. The van der Waals surface area contributed by atoms with Gasteiger partial charge in [0.15, 0.2) is 0 Å². The van der Waals surface area contributed by atoms with E-state index in [-0.39, 0.29) is 0 Å². The van der Waals surface area contributed by atoms with Crippen LogP contribution in [0.1, 0.15) is 43.6 Å². The van der Waals surface area contributed by atoms with Gasteiger partial charge >= 0.3 is 0 Å². The molecule has 0 spiro atoms. The van der Waals surface area contributed by atoms with Crippen molar-refractivity contribution in [2.75, 3.05) is 0 Å². The number of benzene rings is 1. The quantitative estimate of drug-likeness (QED) is 0.764. The summed E-state index contributed by atoms with van der Waals surface area (Å²) in [5.41, 5.74) is 7.93. The van der Waals surface area contributed by atoms with Crippen molar-refractivity contribution in [1.29, 1.82) is 0 Å². The Bertz CT molecular complexity index is 346. The lowest BCUT2D eigenvalue weighted by Crippen LogP contribution is -2.46. The molecule has 0 aliphatic heterocycles. The predicted molar refractivity (Wildman–Crippen MR) is 67.2 cm³/mol. The van der Waals surface area contributed by atoms with E-state index in [1.54, 1.807) is 0 Å². The third kappa shape index (κ3) is 1.67. The van der Waals surface area contributed by atoms with Crippen molar-refractivity contribution >= 4 is 0 Å². The first-order chi connectivity index (χ1) is 7.86. The molecule has 0 aromatic heterocycles. The lowest BCUT2D eigenvalue weighted by molar-refractivity contribution is 0.128. The summed E-state index contributed by atoms with van der Waals surface area (Å²) in [6.45, 7) is 0. The summed E-state index contributed by atoms with van der Waals surface area (Å²) in [4.78, 5) is 0. The Morgan fingerprint density at radius 2 is 1.75 bits per heavy atom. The van der Waals surface area contributed by atoms with E-state index in [4.69, 9.17) is 5.73 Å². The summed E-state index contributed by atoms with van der Waals surface area (Å²) in [5, 5.41) is 0. The molecule has 0 radical (unpaired) electrons. The summed E-state index contributed by atoms with van der Waals surface area (Å²) in [6.07, 6.45) is 6.81. The van der Waals surface area contributed by atoms with Gasteiger partial charge in [0.25, 0.3) is 0 Å². The maximum Gasteiger partial charge on any atom is 0.0101 e. The van der Waals surface area contributed by atoms with Crippen molar-refractivity contribution in [2.24, 2.45) is 17.6 Å². The first-order valence-corrected chi connectivity index (χ1v) is 6.67. The summed E-state index contributed by atoms with van der Waals surface area (Å²) >= 11 is 0. The minimum atomic E-state index is 0.465. The van der Waals surface area contributed by atoms with Crippen molar-refractivity contribution < 1.29 is 0 Å². The minimum Gasteiger partial charge on any atom is -0.327 e. The van der Waals surface area contributed by atoms with E-state index < -0.39 is 0 Å². The summed E-state index contributed by atoms with van der Waals surface area (Å²) < 4.78 is 0. The first kappa shape index (κ1) is 10.3. The van der Waals surface area contributed by atoms with Crippen LogP contribution in [0.4, 0.5) is 0 Å². The van der Waals surface area contributed by atoms with Gasteiger partial charge in [0, 0.05) is 6.04 Å². The van der Waals surface area contributed by atoms with Crippen LogP contribution in [0, 0.1) is 11.8 Å². The Balaban J connectivity index is 1.86. The molecule has 3 rings (SSSR count). The first-order valence-electron chi connectivity index (χ1n) is 6.67. The highest BCUT2D eigenvalue weighted by molar-refractivity contribution is 5.22. The molecule has 2 fully saturated rings. The van der Waals surface area contributed by atoms with Gasteiger partial charge in [-0.2, -0.15) is 0 Å². The van der Waals surface area contributed by atoms with Gasteiger partial charge in [-0.1, -0.05) is 36.8 Å². The Morgan fingerprint density at radius 1 is 0.938 bits per heavy atom. The van der Waals surface area contributed by atoms with E-state index in [9.17, 15) is 0 Å².